The summed E-state index contributed by atoms with van der Waals surface area (Å²) in [6, 6.07) is 9.88. The molecule has 1 fully saturated rings. The van der Waals surface area contributed by atoms with Crippen LogP contribution in [-0.2, 0) is 0 Å². The smallest absolute Gasteiger partial charge is 0.0320 e. The van der Waals surface area contributed by atoms with Crippen LogP contribution in [0.1, 0.15) is 44.7 Å². The Kier molecular flexibility index (Phi) is 5.86. The van der Waals surface area contributed by atoms with Gasteiger partial charge in [0.1, 0.15) is 0 Å². The Morgan fingerprint density at radius 3 is 2.95 bits per heavy atom. The Labute approximate surface area is 125 Å². The average molecular weight is 325 g/mol. The third-order valence-electron chi connectivity index (χ3n) is 4.01. The lowest BCUT2D eigenvalue weighted by Gasteiger charge is -2.31. The van der Waals surface area contributed by atoms with Gasteiger partial charge in [0.15, 0.2) is 0 Å². The van der Waals surface area contributed by atoms with Crippen LogP contribution < -0.4 is 5.32 Å². The highest BCUT2D eigenvalue weighted by atomic mass is 79.9. The fourth-order valence-electron chi connectivity index (χ4n) is 2.90. The molecule has 1 aromatic rings. The molecule has 0 spiro atoms. The molecule has 1 heterocycles. The van der Waals surface area contributed by atoms with Crippen LogP contribution in [0.2, 0.25) is 0 Å². The Morgan fingerprint density at radius 2 is 2.32 bits per heavy atom. The van der Waals surface area contributed by atoms with Gasteiger partial charge in [-0.25, -0.2) is 0 Å². The third kappa shape index (κ3) is 4.30. The molecule has 2 nitrogen and oxygen atoms in total. The molecule has 1 aliphatic rings. The van der Waals surface area contributed by atoms with Gasteiger partial charge in [0, 0.05) is 23.1 Å². The molecule has 1 aromatic carbocycles. The van der Waals surface area contributed by atoms with E-state index in [1.807, 2.05) is 0 Å². The monoisotopic (exact) mass is 324 g/mol. The van der Waals surface area contributed by atoms with Gasteiger partial charge < -0.3 is 5.32 Å². The standard InChI is InChI=1S/C16H25BrN2/c1-3-10-19(12-16-8-5-9-18-16)13(2)14-6-4-7-15(17)11-14/h4,6-7,11,13,16,18H,3,5,8-10,12H2,1-2H3. The van der Waals surface area contributed by atoms with E-state index in [4.69, 9.17) is 0 Å². The number of benzene rings is 1. The molecule has 106 valence electrons. The quantitative estimate of drug-likeness (QED) is 0.851. The van der Waals surface area contributed by atoms with Crippen LogP contribution in [0.5, 0.6) is 0 Å². The van der Waals surface area contributed by atoms with Gasteiger partial charge in [-0.2, -0.15) is 0 Å². The summed E-state index contributed by atoms with van der Waals surface area (Å²) in [4.78, 5) is 2.62. The second-order valence-electron chi connectivity index (χ2n) is 5.52. The number of rotatable bonds is 6. The van der Waals surface area contributed by atoms with Crippen LogP contribution in [0.4, 0.5) is 0 Å². The highest BCUT2D eigenvalue weighted by molar-refractivity contribution is 9.10. The minimum Gasteiger partial charge on any atom is -0.313 e. The molecule has 19 heavy (non-hydrogen) atoms. The summed E-state index contributed by atoms with van der Waals surface area (Å²) in [6.07, 6.45) is 3.87. The van der Waals surface area contributed by atoms with Gasteiger partial charge in [-0.05, 0) is 57.0 Å². The van der Waals surface area contributed by atoms with E-state index in [2.05, 4.69) is 64.3 Å². The maximum Gasteiger partial charge on any atom is 0.0320 e. The maximum atomic E-state index is 3.61. The second-order valence-corrected chi connectivity index (χ2v) is 6.43. The second kappa shape index (κ2) is 7.41. The van der Waals surface area contributed by atoms with Gasteiger partial charge in [-0.3, -0.25) is 4.90 Å². The van der Waals surface area contributed by atoms with Crippen molar-refractivity contribution in [3.63, 3.8) is 0 Å². The first kappa shape index (κ1) is 15.0. The number of nitrogens with one attached hydrogen (secondary N) is 1. The molecule has 0 radical (unpaired) electrons. The lowest BCUT2D eigenvalue weighted by atomic mass is 10.1. The normalized spacial score (nSPS) is 20.9. The van der Waals surface area contributed by atoms with E-state index in [9.17, 15) is 0 Å². The van der Waals surface area contributed by atoms with Gasteiger partial charge in [0.25, 0.3) is 0 Å². The van der Waals surface area contributed by atoms with Crippen molar-refractivity contribution in [1.82, 2.24) is 10.2 Å². The summed E-state index contributed by atoms with van der Waals surface area (Å²) in [6.45, 7) is 8.12. The molecular formula is C16H25BrN2. The lowest BCUT2D eigenvalue weighted by Crippen LogP contribution is -2.39. The molecular weight excluding hydrogens is 300 g/mol. The predicted molar refractivity (Wildman–Crippen MR) is 85.4 cm³/mol. The topological polar surface area (TPSA) is 15.3 Å². The van der Waals surface area contributed by atoms with Crippen LogP contribution >= 0.6 is 15.9 Å². The predicted octanol–water partition coefficient (Wildman–Crippen LogP) is 3.97. The first-order valence-corrected chi connectivity index (χ1v) is 8.23. The third-order valence-corrected chi connectivity index (χ3v) is 4.50. The summed E-state index contributed by atoms with van der Waals surface area (Å²) < 4.78 is 1.17. The molecule has 2 rings (SSSR count). The summed E-state index contributed by atoms with van der Waals surface area (Å²) in [5, 5.41) is 3.61. The van der Waals surface area contributed by atoms with Crippen molar-refractivity contribution in [2.24, 2.45) is 0 Å². The van der Waals surface area contributed by atoms with Gasteiger partial charge in [0.05, 0.1) is 0 Å². The van der Waals surface area contributed by atoms with Crippen LogP contribution in [0.3, 0.4) is 0 Å². The zero-order chi connectivity index (χ0) is 13.7. The summed E-state index contributed by atoms with van der Waals surface area (Å²) >= 11 is 3.58. The maximum absolute atomic E-state index is 3.61. The van der Waals surface area contributed by atoms with E-state index in [0.717, 1.165) is 0 Å². The first-order chi connectivity index (χ1) is 9.20. The van der Waals surface area contributed by atoms with Crippen molar-refractivity contribution in [2.45, 2.75) is 45.2 Å². The molecule has 0 amide bonds. The summed E-state index contributed by atoms with van der Waals surface area (Å²) in [5.41, 5.74) is 1.40. The van der Waals surface area contributed by atoms with E-state index in [0.29, 0.717) is 12.1 Å². The molecule has 2 unspecified atom stereocenters. The minimum atomic E-state index is 0.486. The molecule has 0 bridgehead atoms. The molecule has 1 saturated heterocycles. The van der Waals surface area contributed by atoms with E-state index in [1.165, 1.54) is 48.9 Å². The molecule has 1 N–H and O–H groups in total. The molecule has 2 atom stereocenters. The van der Waals surface area contributed by atoms with E-state index in [-0.39, 0.29) is 0 Å². The Balaban J connectivity index is 2.04. The van der Waals surface area contributed by atoms with Crippen molar-refractivity contribution in [3.8, 4) is 0 Å². The zero-order valence-corrected chi connectivity index (χ0v) is 13.6. The molecule has 1 aliphatic heterocycles. The largest absolute Gasteiger partial charge is 0.313 e. The fraction of sp³-hybridized carbons (Fsp3) is 0.625. The average Bonchev–Trinajstić information content (AvgIpc) is 2.90. The highest BCUT2D eigenvalue weighted by Gasteiger charge is 2.21. The van der Waals surface area contributed by atoms with Gasteiger partial charge in [-0.1, -0.05) is 35.0 Å². The molecule has 3 heteroatoms. The minimum absolute atomic E-state index is 0.486. The summed E-state index contributed by atoms with van der Waals surface area (Å²) in [5.74, 6) is 0. The number of hydrogen-bond donors (Lipinski definition) is 1. The SMILES string of the molecule is CCCN(CC1CCCN1)C(C)c1cccc(Br)c1. The highest BCUT2D eigenvalue weighted by Crippen LogP contribution is 2.24. The zero-order valence-electron chi connectivity index (χ0n) is 12.0. The van der Waals surface area contributed by atoms with Gasteiger partial charge in [-0.15, -0.1) is 0 Å². The molecule has 0 aliphatic carbocycles. The Bertz CT molecular complexity index is 388. The van der Waals surface area contributed by atoms with Crippen molar-refractivity contribution in [2.75, 3.05) is 19.6 Å². The van der Waals surface area contributed by atoms with E-state index < -0.39 is 0 Å². The van der Waals surface area contributed by atoms with E-state index in [1.54, 1.807) is 0 Å². The van der Waals surface area contributed by atoms with Crippen LogP contribution in [-0.4, -0.2) is 30.6 Å². The van der Waals surface area contributed by atoms with Crippen molar-refractivity contribution in [1.29, 1.82) is 0 Å². The van der Waals surface area contributed by atoms with Crippen molar-refractivity contribution >= 4 is 15.9 Å². The fourth-order valence-corrected chi connectivity index (χ4v) is 3.32. The van der Waals surface area contributed by atoms with Crippen LogP contribution in [0.25, 0.3) is 0 Å². The lowest BCUT2D eigenvalue weighted by molar-refractivity contribution is 0.192. The van der Waals surface area contributed by atoms with E-state index >= 15 is 0 Å². The van der Waals surface area contributed by atoms with Crippen LogP contribution in [0, 0.1) is 0 Å². The molecule has 0 aromatic heterocycles. The van der Waals surface area contributed by atoms with Crippen LogP contribution in [0.15, 0.2) is 28.7 Å². The van der Waals surface area contributed by atoms with Gasteiger partial charge >= 0.3 is 0 Å². The Morgan fingerprint density at radius 1 is 1.47 bits per heavy atom. The van der Waals surface area contributed by atoms with Crippen molar-refractivity contribution in [3.05, 3.63) is 34.3 Å². The number of hydrogen-bond acceptors (Lipinski definition) is 2. The Hall–Kier alpha value is -0.380. The summed E-state index contributed by atoms with van der Waals surface area (Å²) in [7, 11) is 0. The van der Waals surface area contributed by atoms with Crippen molar-refractivity contribution < 1.29 is 0 Å². The molecule has 0 saturated carbocycles. The number of halogens is 1. The number of nitrogens with zero attached hydrogens (tertiary/aromatic N) is 1. The first-order valence-electron chi connectivity index (χ1n) is 7.43. The van der Waals surface area contributed by atoms with Gasteiger partial charge in [0.2, 0.25) is 0 Å².